The summed E-state index contributed by atoms with van der Waals surface area (Å²) in [6, 6.07) is 0. The molecule has 8 atom stereocenters. The average molecular weight is 319 g/mol. The van der Waals surface area contributed by atoms with E-state index >= 15 is 0 Å². The van der Waals surface area contributed by atoms with Crippen LogP contribution >= 0.6 is 0 Å². The van der Waals surface area contributed by atoms with Crippen molar-refractivity contribution in [2.45, 2.75) is 84.7 Å². The first kappa shape index (κ1) is 16.1. The van der Waals surface area contributed by atoms with Crippen LogP contribution in [0.15, 0.2) is 0 Å². The van der Waals surface area contributed by atoms with Gasteiger partial charge in [-0.3, -0.25) is 4.79 Å². The van der Waals surface area contributed by atoms with E-state index in [1.807, 2.05) is 0 Å². The number of carbonyl (C=O) groups is 1. The van der Waals surface area contributed by atoms with Crippen molar-refractivity contribution >= 4 is 5.78 Å². The molecule has 0 aliphatic heterocycles. The SMILES string of the molecule is CC(=O)[C@@H]1[C@H](O)C[C@@H]2[C@@H]3CC[C@@H]4CCCC[C@]4(C)[C@@H]3CC[C@]21C. The molecule has 23 heavy (non-hydrogen) atoms. The quantitative estimate of drug-likeness (QED) is 0.767. The molecular weight excluding hydrogens is 284 g/mol. The Balaban J connectivity index is 1.66. The zero-order chi connectivity index (χ0) is 16.4. The molecule has 4 fully saturated rings. The van der Waals surface area contributed by atoms with E-state index in [1.54, 1.807) is 6.92 Å². The highest BCUT2D eigenvalue weighted by molar-refractivity contribution is 5.80. The van der Waals surface area contributed by atoms with Gasteiger partial charge in [0.1, 0.15) is 5.78 Å². The minimum Gasteiger partial charge on any atom is -0.392 e. The van der Waals surface area contributed by atoms with E-state index in [-0.39, 0.29) is 17.1 Å². The van der Waals surface area contributed by atoms with Crippen molar-refractivity contribution in [3.05, 3.63) is 0 Å². The van der Waals surface area contributed by atoms with Crippen molar-refractivity contribution in [1.29, 1.82) is 0 Å². The molecule has 4 aliphatic rings. The van der Waals surface area contributed by atoms with Gasteiger partial charge in [0.05, 0.1) is 6.10 Å². The van der Waals surface area contributed by atoms with Gasteiger partial charge >= 0.3 is 0 Å². The molecular formula is C21H34O2. The topological polar surface area (TPSA) is 37.3 Å². The third kappa shape index (κ3) is 2.12. The van der Waals surface area contributed by atoms with Crippen LogP contribution in [0.5, 0.6) is 0 Å². The summed E-state index contributed by atoms with van der Waals surface area (Å²) < 4.78 is 0. The molecule has 2 nitrogen and oxygen atoms in total. The summed E-state index contributed by atoms with van der Waals surface area (Å²) in [5.74, 6) is 3.23. The second-order valence-corrected chi connectivity index (χ2v) is 9.84. The summed E-state index contributed by atoms with van der Waals surface area (Å²) in [6.45, 7) is 6.61. The first-order valence-corrected chi connectivity index (χ1v) is 10.1. The molecule has 4 rings (SSSR count). The monoisotopic (exact) mass is 318 g/mol. The number of aliphatic hydroxyl groups is 1. The number of Topliss-reactive ketones (excluding diaryl/α,β-unsaturated/α-hetero) is 1. The molecule has 0 unspecified atom stereocenters. The number of fused-ring (bicyclic) bond motifs is 5. The number of rotatable bonds is 1. The van der Waals surface area contributed by atoms with E-state index in [0.29, 0.717) is 11.3 Å². The van der Waals surface area contributed by atoms with E-state index in [9.17, 15) is 9.90 Å². The van der Waals surface area contributed by atoms with Gasteiger partial charge in [-0.15, -0.1) is 0 Å². The van der Waals surface area contributed by atoms with Crippen molar-refractivity contribution in [3.63, 3.8) is 0 Å². The van der Waals surface area contributed by atoms with Crippen LogP contribution in [0.25, 0.3) is 0 Å². The maximum atomic E-state index is 12.2. The van der Waals surface area contributed by atoms with Gasteiger partial charge in [0.25, 0.3) is 0 Å². The molecule has 0 spiro atoms. The molecule has 0 aromatic rings. The van der Waals surface area contributed by atoms with Crippen LogP contribution in [-0.2, 0) is 4.79 Å². The maximum Gasteiger partial charge on any atom is 0.136 e. The molecule has 2 heteroatoms. The van der Waals surface area contributed by atoms with Crippen molar-refractivity contribution in [2.75, 3.05) is 0 Å². The molecule has 0 aromatic carbocycles. The molecule has 130 valence electrons. The van der Waals surface area contributed by atoms with Gasteiger partial charge in [0.15, 0.2) is 0 Å². The van der Waals surface area contributed by atoms with Crippen LogP contribution < -0.4 is 0 Å². The highest BCUT2D eigenvalue weighted by Gasteiger charge is 2.62. The van der Waals surface area contributed by atoms with Crippen molar-refractivity contribution < 1.29 is 9.90 Å². The Morgan fingerprint density at radius 2 is 1.74 bits per heavy atom. The van der Waals surface area contributed by atoms with Gasteiger partial charge in [-0.25, -0.2) is 0 Å². The molecule has 0 bridgehead atoms. The summed E-state index contributed by atoms with van der Waals surface area (Å²) in [4.78, 5) is 12.2. The smallest absolute Gasteiger partial charge is 0.136 e. The highest BCUT2D eigenvalue weighted by Crippen LogP contribution is 2.67. The lowest BCUT2D eigenvalue weighted by Crippen LogP contribution is -2.53. The Hall–Kier alpha value is -0.370. The summed E-state index contributed by atoms with van der Waals surface area (Å²) >= 11 is 0. The number of hydrogen-bond donors (Lipinski definition) is 1. The lowest BCUT2D eigenvalue weighted by atomic mass is 9.45. The summed E-state index contributed by atoms with van der Waals surface area (Å²) in [6.07, 6.45) is 11.4. The molecule has 0 amide bonds. The third-order valence-electron chi connectivity index (χ3n) is 9.05. The Morgan fingerprint density at radius 3 is 2.48 bits per heavy atom. The van der Waals surface area contributed by atoms with E-state index in [4.69, 9.17) is 0 Å². The van der Waals surface area contributed by atoms with Crippen molar-refractivity contribution in [3.8, 4) is 0 Å². The fraction of sp³-hybridized carbons (Fsp3) is 0.952. The van der Waals surface area contributed by atoms with Gasteiger partial charge < -0.3 is 5.11 Å². The Kier molecular flexibility index (Phi) is 3.72. The molecule has 4 saturated carbocycles. The van der Waals surface area contributed by atoms with E-state index < -0.39 is 6.10 Å². The minimum atomic E-state index is -0.391. The lowest BCUT2D eigenvalue weighted by Gasteiger charge is -2.60. The molecule has 4 aliphatic carbocycles. The predicted octanol–water partition coefficient (Wildman–Crippen LogP) is 4.60. The molecule has 0 saturated heterocycles. The van der Waals surface area contributed by atoms with Crippen LogP contribution in [0, 0.1) is 40.4 Å². The minimum absolute atomic E-state index is 0.0598. The average Bonchev–Trinajstić information content (AvgIpc) is 2.77. The molecule has 0 radical (unpaired) electrons. The Bertz CT molecular complexity index is 500. The van der Waals surface area contributed by atoms with Gasteiger partial charge in [0, 0.05) is 5.92 Å². The van der Waals surface area contributed by atoms with Gasteiger partial charge in [-0.2, -0.15) is 0 Å². The largest absolute Gasteiger partial charge is 0.392 e. The fourth-order valence-corrected chi connectivity index (χ4v) is 8.04. The molecule has 0 aromatic heterocycles. The first-order chi connectivity index (χ1) is 10.9. The first-order valence-electron chi connectivity index (χ1n) is 10.1. The zero-order valence-corrected chi connectivity index (χ0v) is 15.2. The maximum absolute atomic E-state index is 12.2. The predicted molar refractivity (Wildman–Crippen MR) is 91.9 cm³/mol. The van der Waals surface area contributed by atoms with Crippen LogP contribution in [0.2, 0.25) is 0 Å². The van der Waals surface area contributed by atoms with E-state index in [2.05, 4.69) is 13.8 Å². The standard InChI is InChI=1S/C21H34O2/c1-13(22)19-18(23)12-17-15-8-7-14-6-4-5-10-20(14,2)16(15)9-11-21(17,19)3/h14-19,23H,4-12H2,1-3H3/t14-,15+,16+,17+,18+,19+,20-,21+/m0/s1. The molecule has 1 N–H and O–H groups in total. The lowest BCUT2D eigenvalue weighted by molar-refractivity contribution is -0.135. The van der Waals surface area contributed by atoms with Crippen molar-refractivity contribution in [2.24, 2.45) is 40.4 Å². The van der Waals surface area contributed by atoms with Crippen molar-refractivity contribution in [1.82, 2.24) is 0 Å². The number of hydrogen-bond acceptors (Lipinski definition) is 2. The van der Waals surface area contributed by atoms with E-state index in [0.717, 1.165) is 30.6 Å². The van der Waals surface area contributed by atoms with E-state index in [1.165, 1.54) is 44.9 Å². The number of carbonyl (C=O) groups excluding carboxylic acids is 1. The van der Waals surface area contributed by atoms with Crippen LogP contribution in [-0.4, -0.2) is 17.0 Å². The van der Waals surface area contributed by atoms with Gasteiger partial charge in [-0.1, -0.05) is 26.7 Å². The second-order valence-electron chi connectivity index (χ2n) is 9.84. The van der Waals surface area contributed by atoms with Gasteiger partial charge in [0.2, 0.25) is 0 Å². The van der Waals surface area contributed by atoms with Gasteiger partial charge in [-0.05, 0) is 86.4 Å². The normalized spacial score (nSPS) is 55.7. The Labute approximate surface area is 141 Å². The zero-order valence-electron chi connectivity index (χ0n) is 15.2. The molecule has 0 heterocycles. The Morgan fingerprint density at radius 1 is 0.957 bits per heavy atom. The summed E-state index contributed by atoms with van der Waals surface area (Å²) in [5.41, 5.74) is 0.603. The number of aliphatic hydroxyl groups excluding tert-OH is 1. The van der Waals surface area contributed by atoms with Crippen LogP contribution in [0.1, 0.15) is 78.6 Å². The fourth-order valence-electron chi connectivity index (χ4n) is 8.04. The summed E-state index contributed by atoms with van der Waals surface area (Å²) in [5, 5.41) is 10.6. The second kappa shape index (κ2) is 5.31. The number of ketones is 1. The highest BCUT2D eigenvalue weighted by atomic mass is 16.3. The van der Waals surface area contributed by atoms with Crippen LogP contribution in [0.4, 0.5) is 0 Å². The third-order valence-corrected chi connectivity index (χ3v) is 9.05. The van der Waals surface area contributed by atoms with Crippen LogP contribution in [0.3, 0.4) is 0 Å². The summed E-state index contributed by atoms with van der Waals surface area (Å²) in [7, 11) is 0.